The molecule has 128 valence electrons. The van der Waals surface area contributed by atoms with Gasteiger partial charge in [0.25, 0.3) is 0 Å². The van der Waals surface area contributed by atoms with Crippen LogP contribution in [0.2, 0.25) is 0 Å². The molecule has 1 fully saturated rings. The lowest BCUT2D eigenvalue weighted by Gasteiger charge is -2.31. The molecule has 0 aliphatic carbocycles. The Balaban J connectivity index is 1.59. The quantitative estimate of drug-likeness (QED) is 0.889. The number of sulfonamides is 1. The molecule has 24 heavy (non-hydrogen) atoms. The molecule has 1 aliphatic rings. The van der Waals surface area contributed by atoms with Crippen LogP contribution in [0.15, 0.2) is 59.5 Å². The van der Waals surface area contributed by atoms with Gasteiger partial charge in [-0.3, -0.25) is 0 Å². The molecule has 1 saturated heterocycles. The summed E-state index contributed by atoms with van der Waals surface area (Å²) in [4.78, 5) is 1.84. The van der Waals surface area contributed by atoms with Crippen molar-refractivity contribution in [1.82, 2.24) is 4.31 Å². The van der Waals surface area contributed by atoms with Crippen LogP contribution in [0.4, 0.5) is 0 Å². The van der Waals surface area contributed by atoms with Crippen LogP contribution < -0.4 is 4.90 Å². The Morgan fingerprint density at radius 2 is 1.50 bits per heavy atom. The molecule has 0 atom stereocenters. The number of nitrogens with zero attached hydrogens (tertiary/aromatic N) is 1. The van der Waals surface area contributed by atoms with Crippen molar-refractivity contribution in [2.45, 2.75) is 24.8 Å². The summed E-state index contributed by atoms with van der Waals surface area (Å²) in [5.74, 6) is 0. The van der Waals surface area contributed by atoms with Gasteiger partial charge < -0.3 is 4.90 Å². The highest BCUT2D eigenvalue weighted by molar-refractivity contribution is 7.89. The zero-order valence-electron chi connectivity index (χ0n) is 14.1. The average Bonchev–Trinajstić information content (AvgIpc) is 2.63. The van der Waals surface area contributed by atoms with Crippen LogP contribution in [-0.2, 0) is 23.0 Å². The topological polar surface area (TPSA) is 41.8 Å². The minimum Gasteiger partial charge on any atom is -0.329 e. The first-order valence-electron chi connectivity index (χ1n) is 8.56. The van der Waals surface area contributed by atoms with Crippen LogP contribution in [-0.4, -0.2) is 38.9 Å². The average molecular weight is 345 g/mol. The highest BCUT2D eigenvalue weighted by Crippen LogP contribution is 2.14. The Bertz CT molecular complexity index is 750. The molecule has 0 amide bonds. The SMILES string of the molecule is CCc1ccc(C[NH+]2CCN(S(=O)(=O)c3ccccc3)CC2)cc1. The fraction of sp³-hybridized carbons (Fsp3) is 0.368. The summed E-state index contributed by atoms with van der Waals surface area (Å²) in [5, 5.41) is 0. The summed E-state index contributed by atoms with van der Waals surface area (Å²) in [6.07, 6.45) is 1.06. The molecule has 0 radical (unpaired) electrons. The van der Waals surface area contributed by atoms with Crippen molar-refractivity contribution in [3.8, 4) is 0 Å². The van der Waals surface area contributed by atoms with Crippen molar-refractivity contribution in [2.75, 3.05) is 26.2 Å². The van der Waals surface area contributed by atoms with Crippen molar-refractivity contribution < 1.29 is 13.3 Å². The standard InChI is InChI=1S/C19H24N2O2S/c1-2-17-8-10-18(11-9-17)16-20-12-14-21(15-13-20)24(22,23)19-6-4-3-5-7-19/h3-11H,2,12-16H2,1H3/p+1. The van der Waals surface area contributed by atoms with Crippen molar-refractivity contribution in [1.29, 1.82) is 0 Å². The Morgan fingerprint density at radius 3 is 2.08 bits per heavy atom. The first-order valence-corrected chi connectivity index (χ1v) is 10.00. The maximum atomic E-state index is 12.6. The van der Waals surface area contributed by atoms with Crippen molar-refractivity contribution in [3.05, 3.63) is 65.7 Å². The lowest BCUT2D eigenvalue weighted by Crippen LogP contribution is -3.13. The maximum absolute atomic E-state index is 12.6. The molecule has 0 unspecified atom stereocenters. The molecular formula is C19H25N2O2S+. The molecular weight excluding hydrogens is 320 g/mol. The molecule has 0 bridgehead atoms. The Morgan fingerprint density at radius 1 is 0.917 bits per heavy atom. The van der Waals surface area contributed by atoms with E-state index in [0.717, 1.165) is 26.1 Å². The Kier molecular flexibility index (Phi) is 5.33. The van der Waals surface area contributed by atoms with E-state index in [-0.39, 0.29) is 0 Å². The number of benzene rings is 2. The van der Waals surface area contributed by atoms with Gasteiger partial charge in [-0.1, -0.05) is 49.4 Å². The molecule has 1 heterocycles. The Hall–Kier alpha value is -1.69. The highest BCUT2D eigenvalue weighted by atomic mass is 32.2. The highest BCUT2D eigenvalue weighted by Gasteiger charge is 2.30. The van der Waals surface area contributed by atoms with Crippen molar-refractivity contribution >= 4 is 10.0 Å². The number of hydrogen-bond donors (Lipinski definition) is 1. The third-order valence-corrected chi connectivity index (χ3v) is 6.61. The summed E-state index contributed by atoms with van der Waals surface area (Å²) in [6.45, 7) is 5.98. The van der Waals surface area contributed by atoms with Gasteiger partial charge in [-0.05, 0) is 24.1 Å². The van der Waals surface area contributed by atoms with E-state index in [0.29, 0.717) is 18.0 Å². The second-order valence-corrected chi connectivity index (χ2v) is 8.25. The number of quaternary nitrogens is 1. The van der Waals surface area contributed by atoms with Gasteiger partial charge in [-0.25, -0.2) is 8.42 Å². The van der Waals surface area contributed by atoms with E-state index in [1.165, 1.54) is 16.0 Å². The summed E-state index contributed by atoms with van der Waals surface area (Å²) in [6, 6.07) is 17.5. The van der Waals surface area contributed by atoms with Gasteiger partial charge in [0.05, 0.1) is 31.1 Å². The van der Waals surface area contributed by atoms with Crippen molar-refractivity contribution in [3.63, 3.8) is 0 Å². The first kappa shape index (κ1) is 17.1. The first-order chi connectivity index (χ1) is 11.6. The number of rotatable bonds is 5. The summed E-state index contributed by atoms with van der Waals surface area (Å²) >= 11 is 0. The molecule has 0 spiro atoms. The van der Waals surface area contributed by atoms with Crippen molar-refractivity contribution in [2.24, 2.45) is 0 Å². The van der Waals surface area contributed by atoms with Gasteiger partial charge in [-0.15, -0.1) is 0 Å². The lowest BCUT2D eigenvalue weighted by molar-refractivity contribution is -0.917. The van der Waals surface area contributed by atoms with Gasteiger partial charge in [0.1, 0.15) is 6.54 Å². The van der Waals surface area contributed by atoms with Gasteiger partial charge in [0, 0.05) is 5.56 Å². The normalized spacial score (nSPS) is 17.0. The smallest absolute Gasteiger partial charge is 0.243 e. The van der Waals surface area contributed by atoms with Crippen LogP contribution in [0.1, 0.15) is 18.1 Å². The van der Waals surface area contributed by atoms with E-state index in [2.05, 4.69) is 31.2 Å². The minimum atomic E-state index is -3.35. The van der Waals surface area contributed by atoms with Gasteiger partial charge in [0.15, 0.2) is 0 Å². The fourth-order valence-electron chi connectivity index (χ4n) is 3.14. The molecule has 1 aliphatic heterocycles. The van der Waals surface area contributed by atoms with Crippen LogP contribution in [0.5, 0.6) is 0 Å². The van der Waals surface area contributed by atoms with Crippen LogP contribution in [0, 0.1) is 0 Å². The third-order valence-electron chi connectivity index (χ3n) is 4.70. The zero-order chi connectivity index (χ0) is 17.0. The number of piperazine rings is 1. The summed E-state index contributed by atoms with van der Waals surface area (Å²) in [7, 11) is -3.35. The minimum absolute atomic E-state index is 0.392. The third kappa shape index (κ3) is 3.86. The molecule has 0 aromatic heterocycles. The summed E-state index contributed by atoms with van der Waals surface area (Å²) < 4.78 is 26.9. The van der Waals surface area contributed by atoms with Gasteiger partial charge in [-0.2, -0.15) is 4.31 Å². The van der Waals surface area contributed by atoms with Crippen LogP contribution in [0.3, 0.4) is 0 Å². The van der Waals surface area contributed by atoms with Gasteiger partial charge in [0.2, 0.25) is 10.0 Å². The van der Waals surface area contributed by atoms with Crippen LogP contribution >= 0.6 is 0 Å². The largest absolute Gasteiger partial charge is 0.329 e. The fourth-order valence-corrected chi connectivity index (χ4v) is 4.61. The number of aryl methyl sites for hydroxylation is 1. The monoisotopic (exact) mass is 345 g/mol. The maximum Gasteiger partial charge on any atom is 0.243 e. The van der Waals surface area contributed by atoms with E-state index in [1.54, 1.807) is 28.6 Å². The second kappa shape index (κ2) is 7.47. The zero-order valence-corrected chi connectivity index (χ0v) is 14.9. The molecule has 3 rings (SSSR count). The van der Waals surface area contributed by atoms with E-state index in [9.17, 15) is 8.42 Å². The molecule has 4 nitrogen and oxygen atoms in total. The van der Waals surface area contributed by atoms with Crippen LogP contribution in [0.25, 0.3) is 0 Å². The molecule has 0 saturated carbocycles. The number of nitrogens with one attached hydrogen (secondary N) is 1. The predicted molar refractivity (Wildman–Crippen MR) is 95.4 cm³/mol. The molecule has 1 N–H and O–H groups in total. The van der Waals surface area contributed by atoms with E-state index < -0.39 is 10.0 Å². The lowest BCUT2D eigenvalue weighted by atomic mass is 10.1. The number of hydrogen-bond acceptors (Lipinski definition) is 2. The molecule has 5 heteroatoms. The van der Waals surface area contributed by atoms with E-state index >= 15 is 0 Å². The molecule has 2 aromatic rings. The molecule has 2 aromatic carbocycles. The Labute approximate surface area is 144 Å². The van der Waals surface area contributed by atoms with E-state index in [4.69, 9.17) is 0 Å². The predicted octanol–water partition coefficient (Wildman–Crippen LogP) is 1.34. The van der Waals surface area contributed by atoms with Gasteiger partial charge >= 0.3 is 0 Å². The van der Waals surface area contributed by atoms with E-state index in [1.807, 2.05) is 6.07 Å². The summed E-state index contributed by atoms with van der Waals surface area (Å²) in [5.41, 5.74) is 2.68. The second-order valence-electron chi connectivity index (χ2n) is 6.31.